The molecule has 0 saturated heterocycles. The fourth-order valence-corrected chi connectivity index (χ4v) is 9.00. The number of rotatable bonds is 57. The molecule has 422 valence electrons. The van der Waals surface area contributed by atoms with Crippen molar-refractivity contribution in [2.45, 2.75) is 322 Å². The SMILES string of the molecule is CC/C=C\C/C=C\C/C=C\C/C=C\CCCCCCC(=O)OC(COC(=O)CCCCCCCCCCCCC)COC(=O)CCCCCCCCCCCCCCCCC/C=C\C/C=C\CCCCCCC. The second-order valence-corrected chi connectivity index (χ2v) is 20.9. The third kappa shape index (κ3) is 59.6. The first-order valence-electron chi connectivity index (χ1n) is 31.4. The Morgan fingerprint density at radius 3 is 0.836 bits per heavy atom. The number of hydrogen-bond donors (Lipinski definition) is 0. The van der Waals surface area contributed by atoms with Gasteiger partial charge in [-0.3, -0.25) is 14.4 Å². The molecule has 0 aromatic carbocycles. The number of ether oxygens (including phenoxy) is 3. The molecule has 0 spiro atoms. The van der Waals surface area contributed by atoms with Gasteiger partial charge in [0.15, 0.2) is 6.10 Å². The van der Waals surface area contributed by atoms with Crippen molar-refractivity contribution in [1.82, 2.24) is 0 Å². The molecule has 0 radical (unpaired) electrons. The van der Waals surface area contributed by atoms with Gasteiger partial charge < -0.3 is 14.2 Å². The molecule has 0 aliphatic carbocycles. The molecule has 73 heavy (non-hydrogen) atoms. The molecular formula is C67H118O6. The fraction of sp³-hybridized carbons (Fsp3) is 0.776. The molecule has 1 atom stereocenters. The lowest BCUT2D eigenvalue weighted by Gasteiger charge is -2.18. The number of unbranched alkanes of at least 4 members (excludes halogenated alkanes) is 34. The third-order valence-corrected chi connectivity index (χ3v) is 13.7. The highest BCUT2D eigenvalue weighted by molar-refractivity contribution is 5.71. The lowest BCUT2D eigenvalue weighted by Crippen LogP contribution is -2.30. The van der Waals surface area contributed by atoms with Gasteiger partial charge in [0.05, 0.1) is 0 Å². The van der Waals surface area contributed by atoms with Crippen LogP contribution in [0.4, 0.5) is 0 Å². The topological polar surface area (TPSA) is 78.9 Å². The lowest BCUT2D eigenvalue weighted by molar-refractivity contribution is -0.167. The monoisotopic (exact) mass is 1020 g/mol. The van der Waals surface area contributed by atoms with Crippen molar-refractivity contribution in [2.75, 3.05) is 13.2 Å². The molecule has 0 aromatic heterocycles. The first-order valence-corrected chi connectivity index (χ1v) is 31.4. The van der Waals surface area contributed by atoms with Crippen LogP contribution in [-0.2, 0) is 28.6 Å². The molecule has 0 aromatic rings. The fourth-order valence-electron chi connectivity index (χ4n) is 9.00. The number of hydrogen-bond acceptors (Lipinski definition) is 6. The summed E-state index contributed by atoms with van der Waals surface area (Å²) in [6, 6.07) is 0. The van der Waals surface area contributed by atoms with Crippen LogP contribution in [0.1, 0.15) is 316 Å². The lowest BCUT2D eigenvalue weighted by atomic mass is 10.0. The number of allylic oxidation sites excluding steroid dienone is 12. The smallest absolute Gasteiger partial charge is 0.306 e. The van der Waals surface area contributed by atoms with Gasteiger partial charge in [-0.2, -0.15) is 0 Å². The average Bonchev–Trinajstić information content (AvgIpc) is 3.39. The van der Waals surface area contributed by atoms with Crippen molar-refractivity contribution in [2.24, 2.45) is 0 Å². The Morgan fingerprint density at radius 1 is 0.288 bits per heavy atom. The maximum absolute atomic E-state index is 12.9. The van der Waals surface area contributed by atoms with E-state index >= 15 is 0 Å². The zero-order chi connectivity index (χ0) is 52.9. The van der Waals surface area contributed by atoms with Gasteiger partial charge in [-0.15, -0.1) is 0 Å². The highest BCUT2D eigenvalue weighted by atomic mass is 16.6. The first-order chi connectivity index (χ1) is 36.0. The Labute approximate surface area is 453 Å². The Morgan fingerprint density at radius 2 is 0.534 bits per heavy atom. The van der Waals surface area contributed by atoms with Gasteiger partial charge in [-0.05, 0) is 89.9 Å². The van der Waals surface area contributed by atoms with Gasteiger partial charge in [0, 0.05) is 19.3 Å². The minimum atomic E-state index is -0.786. The second-order valence-electron chi connectivity index (χ2n) is 20.9. The molecule has 0 heterocycles. The molecule has 0 rings (SSSR count). The van der Waals surface area contributed by atoms with Crippen LogP contribution in [0.25, 0.3) is 0 Å². The Kier molecular flexibility index (Phi) is 58.7. The van der Waals surface area contributed by atoms with Gasteiger partial charge in [0.2, 0.25) is 0 Å². The Bertz CT molecular complexity index is 1360. The van der Waals surface area contributed by atoms with Crippen molar-refractivity contribution in [3.63, 3.8) is 0 Å². The molecule has 0 amide bonds. The van der Waals surface area contributed by atoms with Crippen LogP contribution in [0.3, 0.4) is 0 Å². The van der Waals surface area contributed by atoms with Crippen molar-refractivity contribution in [3.05, 3.63) is 72.9 Å². The van der Waals surface area contributed by atoms with E-state index in [-0.39, 0.29) is 31.1 Å². The summed E-state index contributed by atoms with van der Waals surface area (Å²) in [5.74, 6) is -0.894. The van der Waals surface area contributed by atoms with Gasteiger partial charge in [0.1, 0.15) is 13.2 Å². The minimum Gasteiger partial charge on any atom is -0.462 e. The number of carbonyl (C=O) groups is 3. The molecule has 6 heteroatoms. The standard InChI is InChI=1S/C67H118O6/c1-4-7-10-13-16-19-22-24-26-28-29-30-31-32-33-34-35-36-37-39-40-42-45-48-51-54-57-60-66(69)72-63-64(62-71-65(68)59-56-53-50-47-44-21-18-15-12-9-6-3)73-67(70)61-58-55-52-49-46-43-41-38-27-25-23-20-17-14-11-8-5-2/h8,11,17,20,22,24-25,27-29,41,43,64H,4-7,9-10,12-16,18-19,21,23,26,30-40,42,44-63H2,1-3H3/b11-8-,20-17-,24-22-,27-25-,29-28-,43-41-. The van der Waals surface area contributed by atoms with E-state index < -0.39 is 6.10 Å². The van der Waals surface area contributed by atoms with Crippen molar-refractivity contribution in [1.29, 1.82) is 0 Å². The average molecular weight is 1020 g/mol. The summed E-state index contributed by atoms with van der Waals surface area (Å²) in [5, 5.41) is 0. The Balaban J connectivity index is 4.23. The van der Waals surface area contributed by atoms with E-state index in [9.17, 15) is 14.4 Å². The van der Waals surface area contributed by atoms with E-state index in [1.54, 1.807) is 0 Å². The number of carbonyl (C=O) groups excluding carboxylic acids is 3. The molecule has 1 unspecified atom stereocenters. The van der Waals surface area contributed by atoms with Crippen molar-refractivity contribution >= 4 is 17.9 Å². The first kappa shape index (κ1) is 69.8. The second kappa shape index (κ2) is 61.4. The molecule has 0 bridgehead atoms. The van der Waals surface area contributed by atoms with E-state index in [1.165, 1.54) is 173 Å². The van der Waals surface area contributed by atoms with E-state index in [0.29, 0.717) is 19.3 Å². The summed E-state index contributed by atoms with van der Waals surface area (Å²) in [7, 11) is 0. The molecule has 0 fully saturated rings. The van der Waals surface area contributed by atoms with Crippen LogP contribution < -0.4 is 0 Å². The molecule has 0 N–H and O–H groups in total. The van der Waals surface area contributed by atoms with Gasteiger partial charge in [-0.1, -0.05) is 280 Å². The molecule has 0 aliphatic heterocycles. The zero-order valence-corrected chi connectivity index (χ0v) is 48.4. The van der Waals surface area contributed by atoms with E-state index in [2.05, 4.69) is 93.7 Å². The van der Waals surface area contributed by atoms with Gasteiger partial charge in [-0.25, -0.2) is 0 Å². The summed E-state index contributed by atoms with van der Waals surface area (Å²) in [5.41, 5.74) is 0. The maximum Gasteiger partial charge on any atom is 0.306 e. The normalized spacial score (nSPS) is 12.5. The van der Waals surface area contributed by atoms with Crippen LogP contribution in [0, 0.1) is 0 Å². The highest BCUT2D eigenvalue weighted by Crippen LogP contribution is 2.17. The summed E-state index contributed by atoms with van der Waals surface area (Å²) in [6.07, 6.45) is 79.1. The predicted octanol–water partition coefficient (Wildman–Crippen LogP) is 21.3. The summed E-state index contributed by atoms with van der Waals surface area (Å²) in [4.78, 5) is 38.2. The van der Waals surface area contributed by atoms with Gasteiger partial charge >= 0.3 is 17.9 Å². The van der Waals surface area contributed by atoms with Crippen molar-refractivity contribution < 1.29 is 28.6 Å². The quantitative estimate of drug-likeness (QED) is 0.0261. The van der Waals surface area contributed by atoms with Crippen LogP contribution in [0.5, 0.6) is 0 Å². The number of esters is 3. The minimum absolute atomic E-state index is 0.0823. The summed E-state index contributed by atoms with van der Waals surface area (Å²) in [6.45, 7) is 6.52. The molecular weight excluding hydrogens is 901 g/mol. The maximum atomic E-state index is 12.9. The molecule has 0 saturated carbocycles. The predicted molar refractivity (Wildman–Crippen MR) is 316 cm³/mol. The van der Waals surface area contributed by atoms with E-state index in [0.717, 1.165) is 103 Å². The van der Waals surface area contributed by atoms with Crippen LogP contribution >= 0.6 is 0 Å². The van der Waals surface area contributed by atoms with Crippen LogP contribution in [-0.4, -0.2) is 37.2 Å². The van der Waals surface area contributed by atoms with Crippen molar-refractivity contribution in [3.8, 4) is 0 Å². The van der Waals surface area contributed by atoms with Crippen LogP contribution in [0.15, 0.2) is 72.9 Å². The van der Waals surface area contributed by atoms with Gasteiger partial charge in [0.25, 0.3) is 0 Å². The highest BCUT2D eigenvalue weighted by Gasteiger charge is 2.19. The van der Waals surface area contributed by atoms with E-state index in [4.69, 9.17) is 14.2 Å². The van der Waals surface area contributed by atoms with E-state index in [1.807, 2.05) is 0 Å². The Hall–Kier alpha value is -3.15. The third-order valence-electron chi connectivity index (χ3n) is 13.7. The molecule has 0 aliphatic rings. The molecule has 6 nitrogen and oxygen atoms in total. The summed E-state index contributed by atoms with van der Waals surface area (Å²) < 4.78 is 16.9. The zero-order valence-electron chi connectivity index (χ0n) is 48.4. The largest absolute Gasteiger partial charge is 0.462 e. The summed E-state index contributed by atoms with van der Waals surface area (Å²) >= 11 is 0. The van der Waals surface area contributed by atoms with Crippen LogP contribution in [0.2, 0.25) is 0 Å².